The van der Waals surface area contributed by atoms with E-state index in [-0.39, 0.29) is 11.8 Å². The van der Waals surface area contributed by atoms with Gasteiger partial charge in [0.15, 0.2) is 0 Å². The van der Waals surface area contributed by atoms with Crippen LogP contribution in [0.15, 0.2) is 30.3 Å². The zero-order chi connectivity index (χ0) is 17.3. The van der Waals surface area contributed by atoms with Gasteiger partial charge in [-0.1, -0.05) is 39.0 Å². The van der Waals surface area contributed by atoms with Gasteiger partial charge in [0.25, 0.3) is 0 Å². The standard InChI is InChI=1S/C18H28N2O3/c1-18(2,3)17(22)19-12-8-11-16(21)20(4)13-14-23-15-9-6-5-7-10-15/h5-7,9-10H,8,11-14H2,1-4H3,(H,19,22). The third kappa shape index (κ3) is 7.68. The van der Waals surface area contributed by atoms with Crippen LogP contribution in [-0.2, 0) is 9.59 Å². The number of para-hydroxylation sites is 1. The molecule has 23 heavy (non-hydrogen) atoms. The molecule has 0 aliphatic heterocycles. The molecule has 1 N–H and O–H groups in total. The first-order chi connectivity index (χ1) is 10.8. The summed E-state index contributed by atoms with van der Waals surface area (Å²) in [5.74, 6) is 0.875. The van der Waals surface area contributed by atoms with E-state index in [9.17, 15) is 9.59 Å². The normalized spacial score (nSPS) is 11.0. The van der Waals surface area contributed by atoms with Crippen LogP contribution in [0.3, 0.4) is 0 Å². The number of carbonyl (C=O) groups excluding carboxylic acids is 2. The van der Waals surface area contributed by atoms with Crippen molar-refractivity contribution in [3.63, 3.8) is 0 Å². The molecule has 0 aliphatic carbocycles. The number of rotatable bonds is 8. The molecule has 2 amide bonds. The topological polar surface area (TPSA) is 58.6 Å². The molecule has 0 saturated carbocycles. The number of nitrogens with zero attached hydrogens (tertiary/aromatic N) is 1. The molecule has 0 saturated heterocycles. The van der Waals surface area contributed by atoms with E-state index in [2.05, 4.69) is 5.32 Å². The number of carbonyl (C=O) groups is 2. The lowest BCUT2D eigenvalue weighted by molar-refractivity contribution is -0.131. The smallest absolute Gasteiger partial charge is 0.225 e. The fourth-order valence-electron chi connectivity index (χ4n) is 1.84. The predicted molar refractivity (Wildman–Crippen MR) is 91.3 cm³/mol. The third-order valence-corrected chi connectivity index (χ3v) is 3.40. The van der Waals surface area contributed by atoms with Crippen molar-refractivity contribution >= 4 is 11.8 Å². The van der Waals surface area contributed by atoms with E-state index >= 15 is 0 Å². The first-order valence-corrected chi connectivity index (χ1v) is 8.01. The molecular formula is C18H28N2O3. The molecule has 0 radical (unpaired) electrons. The highest BCUT2D eigenvalue weighted by atomic mass is 16.5. The lowest BCUT2D eigenvalue weighted by Gasteiger charge is -2.19. The molecule has 0 spiro atoms. The van der Waals surface area contributed by atoms with Crippen LogP contribution in [0, 0.1) is 5.41 Å². The lowest BCUT2D eigenvalue weighted by Crippen LogP contribution is -2.36. The Bertz CT molecular complexity index is 495. The average Bonchev–Trinajstić information content (AvgIpc) is 2.51. The zero-order valence-corrected chi connectivity index (χ0v) is 14.6. The molecule has 0 aliphatic rings. The van der Waals surface area contributed by atoms with E-state index in [0.717, 1.165) is 5.75 Å². The van der Waals surface area contributed by atoms with Crippen LogP contribution in [-0.4, -0.2) is 43.5 Å². The van der Waals surface area contributed by atoms with Crippen molar-refractivity contribution in [1.29, 1.82) is 0 Å². The van der Waals surface area contributed by atoms with E-state index in [4.69, 9.17) is 4.74 Å². The molecule has 0 unspecified atom stereocenters. The van der Waals surface area contributed by atoms with E-state index < -0.39 is 5.41 Å². The minimum absolute atomic E-state index is 0.00886. The monoisotopic (exact) mass is 320 g/mol. The Morgan fingerprint density at radius 3 is 2.43 bits per heavy atom. The Balaban J connectivity index is 2.15. The molecule has 0 heterocycles. The number of benzene rings is 1. The Morgan fingerprint density at radius 2 is 1.83 bits per heavy atom. The van der Waals surface area contributed by atoms with Gasteiger partial charge >= 0.3 is 0 Å². The second-order valence-corrected chi connectivity index (χ2v) is 6.59. The third-order valence-electron chi connectivity index (χ3n) is 3.40. The molecule has 0 atom stereocenters. The summed E-state index contributed by atoms with van der Waals surface area (Å²) in [5.41, 5.74) is -0.393. The predicted octanol–water partition coefficient (Wildman–Crippen LogP) is 2.47. The van der Waals surface area contributed by atoms with Crippen LogP contribution >= 0.6 is 0 Å². The van der Waals surface area contributed by atoms with Gasteiger partial charge in [0, 0.05) is 25.4 Å². The molecule has 1 rings (SSSR count). The summed E-state index contributed by atoms with van der Waals surface area (Å²) in [6, 6.07) is 9.53. The Labute approximate surface area is 139 Å². The first-order valence-electron chi connectivity index (χ1n) is 8.01. The van der Waals surface area contributed by atoms with E-state index in [1.807, 2.05) is 51.1 Å². The van der Waals surface area contributed by atoms with Gasteiger partial charge < -0.3 is 15.0 Å². The minimum Gasteiger partial charge on any atom is -0.492 e. The Hall–Kier alpha value is -2.04. The second-order valence-electron chi connectivity index (χ2n) is 6.59. The maximum atomic E-state index is 12.0. The van der Waals surface area contributed by atoms with Crippen LogP contribution in [0.5, 0.6) is 5.75 Å². The molecule has 1 aromatic rings. The average molecular weight is 320 g/mol. The molecular weight excluding hydrogens is 292 g/mol. The van der Waals surface area contributed by atoms with Crippen molar-refractivity contribution < 1.29 is 14.3 Å². The number of hydrogen-bond donors (Lipinski definition) is 1. The second kappa shape index (κ2) is 9.18. The maximum Gasteiger partial charge on any atom is 0.225 e. The molecule has 5 heteroatoms. The van der Waals surface area contributed by atoms with Gasteiger partial charge in [-0.3, -0.25) is 9.59 Å². The van der Waals surface area contributed by atoms with Crippen LogP contribution in [0.25, 0.3) is 0 Å². The molecule has 1 aromatic carbocycles. The van der Waals surface area contributed by atoms with Gasteiger partial charge in [0.05, 0.1) is 6.54 Å². The molecule has 128 valence electrons. The number of ether oxygens (including phenoxy) is 1. The van der Waals surface area contributed by atoms with Crippen LogP contribution in [0.2, 0.25) is 0 Å². The van der Waals surface area contributed by atoms with Crippen molar-refractivity contribution in [2.75, 3.05) is 26.7 Å². The van der Waals surface area contributed by atoms with Gasteiger partial charge in [-0.15, -0.1) is 0 Å². The summed E-state index contributed by atoms with van der Waals surface area (Å²) in [6.45, 7) is 7.14. The van der Waals surface area contributed by atoms with E-state index in [1.165, 1.54) is 0 Å². The minimum atomic E-state index is -0.393. The Kier molecular flexibility index (Phi) is 7.59. The van der Waals surface area contributed by atoms with Gasteiger partial charge in [0.2, 0.25) is 11.8 Å². The van der Waals surface area contributed by atoms with Crippen molar-refractivity contribution in [3.8, 4) is 5.75 Å². The summed E-state index contributed by atoms with van der Waals surface area (Å²) in [5, 5.41) is 2.85. The lowest BCUT2D eigenvalue weighted by atomic mass is 9.96. The molecule has 0 aromatic heterocycles. The first kappa shape index (κ1) is 19.0. The number of likely N-dealkylation sites (N-methyl/N-ethyl adjacent to an activating group) is 1. The number of amides is 2. The molecule has 0 bridgehead atoms. The van der Waals surface area contributed by atoms with Crippen LogP contribution < -0.4 is 10.1 Å². The zero-order valence-electron chi connectivity index (χ0n) is 14.6. The summed E-state index contributed by atoms with van der Waals surface area (Å²) in [4.78, 5) is 25.3. The number of hydrogen-bond acceptors (Lipinski definition) is 3. The number of nitrogens with one attached hydrogen (secondary N) is 1. The van der Waals surface area contributed by atoms with E-state index in [1.54, 1.807) is 11.9 Å². The highest BCUT2D eigenvalue weighted by molar-refractivity contribution is 5.81. The highest BCUT2D eigenvalue weighted by Crippen LogP contribution is 2.12. The van der Waals surface area contributed by atoms with Crippen molar-refractivity contribution in [2.45, 2.75) is 33.6 Å². The molecule has 5 nitrogen and oxygen atoms in total. The highest BCUT2D eigenvalue weighted by Gasteiger charge is 2.20. The van der Waals surface area contributed by atoms with Gasteiger partial charge in [-0.2, -0.15) is 0 Å². The quantitative estimate of drug-likeness (QED) is 0.749. The summed E-state index contributed by atoms with van der Waals surface area (Å²) in [7, 11) is 1.77. The fraction of sp³-hybridized carbons (Fsp3) is 0.556. The summed E-state index contributed by atoms with van der Waals surface area (Å²) in [6.07, 6.45) is 1.07. The van der Waals surface area contributed by atoms with Crippen molar-refractivity contribution in [3.05, 3.63) is 30.3 Å². The largest absolute Gasteiger partial charge is 0.492 e. The van der Waals surface area contributed by atoms with Gasteiger partial charge in [-0.25, -0.2) is 0 Å². The molecule has 0 fully saturated rings. The summed E-state index contributed by atoms with van der Waals surface area (Å²) >= 11 is 0. The SMILES string of the molecule is CN(CCOc1ccccc1)C(=O)CCCNC(=O)C(C)(C)C. The Morgan fingerprint density at radius 1 is 1.17 bits per heavy atom. The van der Waals surface area contributed by atoms with Crippen molar-refractivity contribution in [1.82, 2.24) is 10.2 Å². The fourth-order valence-corrected chi connectivity index (χ4v) is 1.84. The van der Waals surface area contributed by atoms with Gasteiger partial charge in [-0.05, 0) is 18.6 Å². The van der Waals surface area contributed by atoms with E-state index in [0.29, 0.717) is 32.5 Å². The van der Waals surface area contributed by atoms with Crippen LogP contribution in [0.4, 0.5) is 0 Å². The maximum absolute atomic E-state index is 12.0. The van der Waals surface area contributed by atoms with Gasteiger partial charge in [0.1, 0.15) is 12.4 Å². The summed E-state index contributed by atoms with van der Waals surface area (Å²) < 4.78 is 5.57. The van der Waals surface area contributed by atoms with Crippen LogP contribution in [0.1, 0.15) is 33.6 Å². The van der Waals surface area contributed by atoms with Crippen molar-refractivity contribution in [2.24, 2.45) is 5.41 Å².